The van der Waals surface area contributed by atoms with Gasteiger partial charge in [-0.2, -0.15) is 0 Å². The van der Waals surface area contributed by atoms with Gasteiger partial charge in [0.2, 0.25) is 6.79 Å². The zero-order valence-electron chi connectivity index (χ0n) is 13.9. The molecule has 2 aromatic carbocycles. The highest BCUT2D eigenvalue weighted by molar-refractivity contribution is 5.50. The number of nitrogens with one attached hydrogen (secondary N) is 1. The van der Waals surface area contributed by atoms with Gasteiger partial charge in [0.15, 0.2) is 23.0 Å². The second kappa shape index (κ2) is 6.24. The van der Waals surface area contributed by atoms with Crippen molar-refractivity contribution in [3.05, 3.63) is 47.0 Å². The highest BCUT2D eigenvalue weighted by Crippen LogP contribution is 2.38. The van der Waals surface area contributed by atoms with Crippen molar-refractivity contribution >= 4 is 0 Å². The number of ether oxygens (including phenoxy) is 4. The Morgan fingerprint density at radius 1 is 1.04 bits per heavy atom. The molecule has 0 radical (unpaired) electrons. The molecule has 2 aliphatic heterocycles. The molecule has 2 aliphatic rings. The van der Waals surface area contributed by atoms with Crippen molar-refractivity contribution in [3.63, 3.8) is 0 Å². The SMILES string of the molecule is COc1cc2c(cc1OC)C(Cc1ccc3c(c1)OCO3)NCC2. The molecule has 0 saturated heterocycles. The number of benzene rings is 2. The van der Waals surface area contributed by atoms with Crippen LogP contribution >= 0.6 is 0 Å². The third-order valence-corrected chi connectivity index (χ3v) is 4.68. The van der Waals surface area contributed by atoms with E-state index in [1.807, 2.05) is 6.07 Å². The average Bonchev–Trinajstić information content (AvgIpc) is 3.08. The van der Waals surface area contributed by atoms with Crippen molar-refractivity contribution < 1.29 is 18.9 Å². The Morgan fingerprint density at radius 3 is 2.67 bits per heavy atom. The molecule has 126 valence electrons. The van der Waals surface area contributed by atoms with E-state index in [0.717, 1.165) is 42.4 Å². The van der Waals surface area contributed by atoms with Gasteiger partial charge in [-0.3, -0.25) is 0 Å². The number of hydrogen-bond acceptors (Lipinski definition) is 5. The van der Waals surface area contributed by atoms with Gasteiger partial charge in [-0.25, -0.2) is 0 Å². The van der Waals surface area contributed by atoms with Crippen molar-refractivity contribution in [1.82, 2.24) is 5.32 Å². The lowest BCUT2D eigenvalue weighted by molar-refractivity contribution is 0.174. The second-order valence-corrected chi connectivity index (χ2v) is 6.05. The summed E-state index contributed by atoms with van der Waals surface area (Å²) < 4.78 is 21.8. The summed E-state index contributed by atoms with van der Waals surface area (Å²) in [5.74, 6) is 3.22. The predicted octanol–water partition coefficient (Wildman–Crippen LogP) is 2.86. The molecule has 0 bridgehead atoms. The van der Waals surface area contributed by atoms with E-state index in [1.54, 1.807) is 14.2 Å². The Kier molecular flexibility index (Phi) is 3.94. The molecule has 2 heterocycles. The number of fused-ring (bicyclic) bond motifs is 2. The molecule has 1 N–H and O–H groups in total. The van der Waals surface area contributed by atoms with E-state index in [2.05, 4.69) is 29.6 Å². The highest BCUT2D eigenvalue weighted by atomic mass is 16.7. The molecule has 4 rings (SSSR count). The molecule has 24 heavy (non-hydrogen) atoms. The number of hydrogen-bond donors (Lipinski definition) is 1. The molecule has 0 aromatic heterocycles. The molecule has 5 nitrogen and oxygen atoms in total. The van der Waals surface area contributed by atoms with Crippen LogP contribution in [-0.4, -0.2) is 27.6 Å². The van der Waals surface area contributed by atoms with E-state index in [4.69, 9.17) is 18.9 Å². The smallest absolute Gasteiger partial charge is 0.231 e. The summed E-state index contributed by atoms with van der Waals surface area (Å²) in [6.45, 7) is 1.26. The Bertz CT molecular complexity index is 759. The van der Waals surface area contributed by atoms with Crippen LogP contribution in [0.1, 0.15) is 22.7 Å². The Hall–Kier alpha value is -2.40. The van der Waals surface area contributed by atoms with Gasteiger partial charge in [0.25, 0.3) is 0 Å². The summed E-state index contributed by atoms with van der Waals surface area (Å²) in [6.07, 6.45) is 1.88. The van der Waals surface area contributed by atoms with Crippen LogP contribution in [0.4, 0.5) is 0 Å². The third kappa shape index (κ3) is 2.65. The summed E-state index contributed by atoms with van der Waals surface area (Å²) in [6, 6.07) is 10.6. The molecular weight excluding hydrogens is 306 g/mol. The quantitative estimate of drug-likeness (QED) is 0.936. The second-order valence-electron chi connectivity index (χ2n) is 6.05. The number of rotatable bonds is 4. The van der Waals surface area contributed by atoms with E-state index >= 15 is 0 Å². The maximum absolute atomic E-state index is 5.49. The zero-order valence-corrected chi connectivity index (χ0v) is 13.9. The Labute approximate surface area is 141 Å². The predicted molar refractivity (Wildman–Crippen MR) is 90.3 cm³/mol. The zero-order chi connectivity index (χ0) is 16.5. The molecule has 0 spiro atoms. The fraction of sp³-hybridized carbons (Fsp3) is 0.368. The first kappa shape index (κ1) is 15.1. The molecule has 1 unspecified atom stereocenters. The van der Waals surface area contributed by atoms with Crippen LogP contribution in [0.2, 0.25) is 0 Å². The van der Waals surface area contributed by atoms with E-state index in [0.29, 0.717) is 6.79 Å². The first-order valence-corrected chi connectivity index (χ1v) is 8.15. The first-order valence-electron chi connectivity index (χ1n) is 8.15. The van der Waals surface area contributed by atoms with E-state index < -0.39 is 0 Å². The van der Waals surface area contributed by atoms with Crippen molar-refractivity contribution in [2.75, 3.05) is 27.6 Å². The van der Waals surface area contributed by atoms with Crippen LogP contribution in [0.25, 0.3) is 0 Å². The lowest BCUT2D eigenvalue weighted by Crippen LogP contribution is -2.31. The highest BCUT2D eigenvalue weighted by Gasteiger charge is 2.23. The average molecular weight is 327 g/mol. The minimum Gasteiger partial charge on any atom is -0.493 e. The van der Waals surface area contributed by atoms with Crippen LogP contribution in [0.3, 0.4) is 0 Å². The van der Waals surface area contributed by atoms with Gasteiger partial charge in [0.1, 0.15) is 0 Å². The van der Waals surface area contributed by atoms with E-state index in [9.17, 15) is 0 Å². The van der Waals surface area contributed by atoms with Crippen molar-refractivity contribution in [2.45, 2.75) is 18.9 Å². The van der Waals surface area contributed by atoms with Gasteiger partial charge in [-0.1, -0.05) is 6.07 Å². The monoisotopic (exact) mass is 327 g/mol. The van der Waals surface area contributed by atoms with Gasteiger partial charge < -0.3 is 24.3 Å². The molecule has 0 saturated carbocycles. The van der Waals surface area contributed by atoms with Gasteiger partial charge in [-0.05, 0) is 60.3 Å². The van der Waals surface area contributed by atoms with Crippen LogP contribution in [0, 0.1) is 0 Å². The maximum Gasteiger partial charge on any atom is 0.231 e. The standard InChI is InChI=1S/C19H21NO4/c1-21-17-9-13-5-6-20-15(14(13)10-18(17)22-2)7-12-3-4-16-19(8-12)24-11-23-16/h3-4,8-10,15,20H,5-7,11H2,1-2H3. The maximum atomic E-state index is 5.49. The van der Waals surface area contributed by atoms with E-state index in [1.165, 1.54) is 16.7 Å². The minimum absolute atomic E-state index is 0.244. The summed E-state index contributed by atoms with van der Waals surface area (Å²) in [7, 11) is 3.35. The molecule has 5 heteroatoms. The molecular formula is C19H21NO4. The molecule has 0 amide bonds. The summed E-state index contributed by atoms with van der Waals surface area (Å²) >= 11 is 0. The van der Waals surface area contributed by atoms with Crippen LogP contribution < -0.4 is 24.3 Å². The van der Waals surface area contributed by atoms with Crippen LogP contribution in [0.5, 0.6) is 23.0 Å². The Balaban J connectivity index is 1.64. The fourth-order valence-electron chi connectivity index (χ4n) is 3.45. The molecule has 1 atom stereocenters. The van der Waals surface area contributed by atoms with Crippen molar-refractivity contribution in [1.29, 1.82) is 0 Å². The summed E-state index contributed by atoms with van der Waals surface area (Å²) in [5, 5.41) is 3.61. The van der Waals surface area contributed by atoms with Crippen molar-refractivity contribution in [3.8, 4) is 23.0 Å². The lowest BCUT2D eigenvalue weighted by Gasteiger charge is -2.28. The minimum atomic E-state index is 0.244. The summed E-state index contributed by atoms with van der Waals surface area (Å²) in [4.78, 5) is 0. The molecule has 0 fully saturated rings. The normalized spacial score (nSPS) is 18.2. The molecule has 0 aliphatic carbocycles. The van der Waals surface area contributed by atoms with Gasteiger partial charge in [0.05, 0.1) is 14.2 Å². The van der Waals surface area contributed by atoms with Gasteiger partial charge >= 0.3 is 0 Å². The fourth-order valence-corrected chi connectivity index (χ4v) is 3.45. The van der Waals surface area contributed by atoms with Gasteiger partial charge in [-0.15, -0.1) is 0 Å². The first-order chi connectivity index (χ1) is 11.8. The largest absolute Gasteiger partial charge is 0.493 e. The third-order valence-electron chi connectivity index (χ3n) is 4.68. The van der Waals surface area contributed by atoms with E-state index in [-0.39, 0.29) is 6.04 Å². The van der Waals surface area contributed by atoms with Gasteiger partial charge in [0, 0.05) is 6.04 Å². The Morgan fingerprint density at radius 2 is 1.83 bits per heavy atom. The van der Waals surface area contributed by atoms with Crippen LogP contribution in [-0.2, 0) is 12.8 Å². The lowest BCUT2D eigenvalue weighted by atomic mass is 9.89. The van der Waals surface area contributed by atoms with Crippen LogP contribution in [0.15, 0.2) is 30.3 Å². The topological polar surface area (TPSA) is 49.0 Å². The molecule has 2 aromatic rings. The van der Waals surface area contributed by atoms with Crippen molar-refractivity contribution in [2.24, 2.45) is 0 Å². The summed E-state index contributed by atoms with van der Waals surface area (Å²) in [5.41, 5.74) is 3.81. The number of methoxy groups -OCH3 is 2.